The number of anilines is 1. The fourth-order valence-electron chi connectivity index (χ4n) is 2.87. The lowest BCUT2D eigenvalue weighted by atomic mass is 10.2. The maximum absolute atomic E-state index is 12.2. The number of aryl methyl sites for hydroxylation is 1. The van der Waals surface area contributed by atoms with Crippen LogP contribution in [0.5, 0.6) is 0 Å². The molecule has 0 aliphatic carbocycles. The third-order valence-corrected chi connectivity index (χ3v) is 4.15. The number of nitrogens with one attached hydrogen (secondary N) is 2. The number of rotatable bonds is 4. The van der Waals surface area contributed by atoms with Gasteiger partial charge in [-0.05, 0) is 37.3 Å². The Labute approximate surface area is 160 Å². The summed E-state index contributed by atoms with van der Waals surface area (Å²) in [5, 5.41) is 9.06. The van der Waals surface area contributed by atoms with Crippen LogP contribution >= 0.6 is 0 Å². The fourth-order valence-corrected chi connectivity index (χ4v) is 2.87. The Bertz CT molecular complexity index is 1210. The lowest BCUT2D eigenvalue weighted by Crippen LogP contribution is -2.30. The number of benzene rings is 1. The van der Waals surface area contributed by atoms with Gasteiger partial charge in [-0.1, -0.05) is 18.2 Å². The smallest absolute Gasteiger partial charge is 0.269 e. The minimum Gasteiger partial charge on any atom is -0.298 e. The van der Waals surface area contributed by atoms with Gasteiger partial charge in [0, 0.05) is 18.0 Å². The normalized spacial score (nSPS) is 10.4. The number of nitriles is 1. The lowest BCUT2D eigenvalue weighted by Gasteiger charge is -2.08. The maximum Gasteiger partial charge on any atom is 0.269 e. The molecule has 0 fully saturated rings. The monoisotopic (exact) mass is 369 g/mol. The van der Waals surface area contributed by atoms with E-state index < -0.39 is 0 Å². The van der Waals surface area contributed by atoms with Crippen LogP contribution in [-0.4, -0.2) is 25.3 Å². The molecular formula is C20H15N7O. The van der Waals surface area contributed by atoms with E-state index in [0.29, 0.717) is 22.5 Å². The number of amides is 1. The number of imidazole rings is 1. The van der Waals surface area contributed by atoms with Gasteiger partial charge < -0.3 is 0 Å². The molecule has 28 heavy (non-hydrogen) atoms. The van der Waals surface area contributed by atoms with Gasteiger partial charge in [0.15, 0.2) is 0 Å². The van der Waals surface area contributed by atoms with Crippen LogP contribution in [0.4, 0.5) is 5.95 Å². The van der Waals surface area contributed by atoms with E-state index in [9.17, 15) is 4.79 Å². The number of nitrogens with zero attached hydrogens (tertiary/aromatic N) is 5. The summed E-state index contributed by atoms with van der Waals surface area (Å²) in [4.78, 5) is 25.3. The van der Waals surface area contributed by atoms with Crippen molar-refractivity contribution in [1.82, 2.24) is 24.8 Å². The number of aromatic nitrogens is 4. The summed E-state index contributed by atoms with van der Waals surface area (Å²) in [5.74, 6) is -0.0330. The molecule has 0 bridgehead atoms. The van der Waals surface area contributed by atoms with E-state index in [-0.39, 0.29) is 11.9 Å². The van der Waals surface area contributed by atoms with E-state index in [2.05, 4.69) is 31.9 Å². The van der Waals surface area contributed by atoms with Crippen LogP contribution in [0, 0.1) is 18.3 Å². The van der Waals surface area contributed by atoms with Gasteiger partial charge >= 0.3 is 0 Å². The molecule has 4 aromatic rings. The quantitative estimate of drug-likeness (QED) is 0.536. The topological polar surface area (TPSA) is 108 Å². The molecule has 3 aromatic heterocycles. The number of fused-ring (bicyclic) bond motifs is 1. The van der Waals surface area contributed by atoms with Crippen molar-refractivity contribution in [2.24, 2.45) is 0 Å². The molecule has 0 saturated heterocycles. The van der Waals surface area contributed by atoms with Crippen molar-refractivity contribution in [2.75, 3.05) is 5.43 Å². The van der Waals surface area contributed by atoms with Crippen molar-refractivity contribution in [3.63, 3.8) is 0 Å². The molecule has 0 radical (unpaired) electrons. The van der Waals surface area contributed by atoms with Gasteiger partial charge in [0.2, 0.25) is 5.95 Å². The zero-order valence-electron chi connectivity index (χ0n) is 14.9. The maximum atomic E-state index is 12.2. The summed E-state index contributed by atoms with van der Waals surface area (Å²) < 4.78 is 1.87. The average Bonchev–Trinajstić information content (AvgIpc) is 3.07. The Morgan fingerprint density at radius 2 is 1.96 bits per heavy atom. The lowest BCUT2D eigenvalue weighted by molar-refractivity contribution is 0.0962. The van der Waals surface area contributed by atoms with Crippen molar-refractivity contribution < 1.29 is 4.79 Å². The van der Waals surface area contributed by atoms with Gasteiger partial charge in [0.25, 0.3) is 5.91 Å². The van der Waals surface area contributed by atoms with Gasteiger partial charge in [-0.25, -0.2) is 15.0 Å². The highest BCUT2D eigenvalue weighted by Crippen LogP contribution is 2.24. The molecule has 4 rings (SSSR count). The van der Waals surface area contributed by atoms with E-state index in [1.54, 1.807) is 54.9 Å². The Morgan fingerprint density at radius 3 is 2.75 bits per heavy atom. The van der Waals surface area contributed by atoms with Crippen LogP contribution in [0.1, 0.15) is 21.6 Å². The second-order valence-corrected chi connectivity index (χ2v) is 6.01. The molecule has 0 atom stereocenters. The minimum absolute atomic E-state index is 0.254. The highest BCUT2D eigenvalue weighted by molar-refractivity contribution is 5.94. The first-order valence-corrected chi connectivity index (χ1v) is 8.49. The zero-order valence-corrected chi connectivity index (χ0v) is 14.9. The van der Waals surface area contributed by atoms with Crippen LogP contribution in [-0.2, 0) is 0 Å². The first kappa shape index (κ1) is 17.2. The molecule has 0 aliphatic rings. The van der Waals surface area contributed by atoms with Crippen molar-refractivity contribution in [2.45, 2.75) is 6.92 Å². The highest BCUT2D eigenvalue weighted by atomic mass is 16.2. The molecule has 8 heteroatoms. The van der Waals surface area contributed by atoms with Gasteiger partial charge in [0.1, 0.15) is 5.65 Å². The second kappa shape index (κ2) is 7.17. The van der Waals surface area contributed by atoms with Crippen molar-refractivity contribution in [1.29, 1.82) is 5.26 Å². The largest absolute Gasteiger partial charge is 0.298 e. The first-order valence-electron chi connectivity index (χ1n) is 8.49. The van der Waals surface area contributed by atoms with Gasteiger partial charge in [-0.2, -0.15) is 5.26 Å². The summed E-state index contributed by atoms with van der Waals surface area (Å²) in [6, 6.07) is 16.2. The Kier molecular flexibility index (Phi) is 4.40. The predicted octanol–water partition coefficient (Wildman–Crippen LogP) is 2.73. The number of pyridine rings is 1. The molecule has 2 N–H and O–H groups in total. The van der Waals surface area contributed by atoms with E-state index in [4.69, 9.17) is 5.26 Å². The van der Waals surface area contributed by atoms with Crippen molar-refractivity contribution >= 4 is 17.5 Å². The van der Waals surface area contributed by atoms with Crippen LogP contribution in [0.15, 0.2) is 60.9 Å². The molecular weight excluding hydrogens is 354 g/mol. The van der Waals surface area contributed by atoms with E-state index >= 15 is 0 Å². The van der Waals surface area contributed by atoms with E-state index in [0.717, 1.165) is 11.4 Å². The van der Waals surface area contributed by atoms with Crippen LogP contribution in [0.2, 0.25) is 0 Å². The molecule has 1 aromatic carbocycles. The number of carbonyl (C=O) groups is 1. The minimum atomic E-state index is -0.287. The third kappa shape index (κ3) is 3.24. The SMILES string of the molecule is Cc1nc2cc(C#N)ccn2c1-c1ccnc(NNC(=O)c2ccccc2)n1. The number of hydrazine groups is 1. The van der Waals surface area contributed by atoms with Crippen molar-refractivity contribution in [3.05, 3.63) is 77.7 Å². The molecule has 0 unspecified atom stereocenters. The fraction of sp³-hybridized carbons (Fsp3) is 0.0500. The summed E-state index contributed by atoms with van der Waals surface area (Å²) in [6.07, 6.45) is 3.39. The Morgan fingerprint density at radius 1 is 1.14 bits per heavy atom. The van der Waals surface area contributed by atoms with Crippen LogP contribution < -0.4 is 10.9 Å². The second-order valence-electron chi connectivity index (χ2n) is 6.01. The predicted molar refractivity (Wildman–Crippen MR) is 103 cm³/mol. The van der Waals surface area contributed by atoms with Crippen LogP contribution in [0.3, 0.4) is 0 Å². The standard InChI is InChI=1S/C20H15N7O/c1-13-18(27-10-8-14(12-21)11-17(27)23-13)16-7-9-22-20(24-16)26-25-19(28)15-5-3-2-4-6-15/h2-11H,1H3,(H,25,28)(H,22,24,26). The summed E-state index contributed by atoms with van der Waals surface area (Å²) in [6.45, 7) is 1.88. The van der Waals surface area contributed by atoms with Gasteiger partial charge in [0.05, 0.1) is 28.7 Å². The molecule has 0 aliphatic heterocycles. The molecule has 0 spiro atoms. The first-order chi connectivity index (χ1) is 13.7. The van der Waals surface area contributed by atoms with E-state index in [1.807, 2.05) is 17.4 Å². The Hall–Kier alpha value is -4.25. The zero-order chi connectivity index (χ0) is 19.5. The Balaban J connectivity index is 1.61. The molecule has 8 nitrogen and oxygen atoms in total. The van der Waals surface area contributed by atoms with Gasteiger partial charge in [-0.3, -0.25) is 20.0 Å². The highest BCUT2D eigenvalue weighted by Gasteiger charge is 2.14. The average molecular weight is 369 g/mol. The van der Waals surface area contributed by atoms with Crippen molar-refractivity contribution in [3.8, 4) is 17.5 Å². The molecule has 3 heterocycles. The number of hydrogen-bond acceptors (Lipinski definition) is 6. The van der Waals surface area contributed by atoms with Crippen LogP contribution in [0.25, 0.3) is 17.0 Å². The summed E-state index contributed by atoms with van der Waals surface area (Å²) >= 11 is 0. The molecule has 1 amide bonds. The molecule has 0 saturated carbocycles. The third-order valence-electron chi connectivity index (χ3n) is 4.15. The molecule has 136 valence electrons. The number of carbonyl (C=O) groups excluding carboxylic acids is 1. The summed E-state index contributed by atoms with van der Waals surface area (Å²) in [5.41, 5.74) is 9.25. The van der Waals surface area contributed by atoms with Gasteiger partial charge in [-0.15, -0.1) is 0 Å². The number of hydrogen-bond donors (Lipinski definition) is 2. The summed E-state index contributed by atoms with van der Waals surface area (Å²) in [7, 11) is 0. The van der Waals surface area contributed by atoms with E-state index in [1.165, 1.54) is 0 Å².